The first-order valence-electron chi connectivity index (χ1n) is 9.08. The Morgan fingerprint density at radius 3 is 2.29 bits per heavy atom. The Morgan fingerprint density at radius 2 is 1.64 bits per heavy atom. The van der Waals surface area contributed by atoms with Gasteiger partial charge in [-0.3, -0.25) is 9.59 Å². The molecular formula is C19H19F2N5O2. The predicted octanol–water partition coefficient (Wildman–Crippen LogP) is 1.46. The lowest BCUT2D eigenvalue weighted by molar-refractivity contribution is -0.136. The van der Waals surface area contributed by atoms with Crippen molar-refractivity contribution in [1.82, 2.24) is 14.9 Å². The SMILES string of the molecule is O=C(C1CC(=O)N(c2cc(F)cc(F)c2)C1)N1CCN(c2ncccn2)CC1. The Morgan fingerprint density at radius 1 is 1.00 bits per heavy atom. The van der Waals surface area contributed by atoms with Gasteiger partial charge in [0.25, 0.3) is 0 Å². The summed E-state index contributed by atoms with van der Waals surface area (Å²) in [5.41, 5.74) is 0.142. The van der Waals surface area contributed by atoms with Gasteiger partial charge in [-0.05, 0) is 18.2 Å². The van der Waals surface area contributed by atoms with Gasteiger partial charge in [0.05, 0.1) is 5.92 Å². The zero-order valence-corrected chi connectivity index (χ0v) is 15.1. The van der Waals surface area contributed by atoms with Gasteiger partial charge in [-0.15, -0.1) is 0 Å². The molecule has 2 aliphatic rings. The molecule has 0 spiro atoms. The number of anilines is 2. The van der Waals surface area contributed by atoms with Crippen molar-refractivity contribution < 1.29 is 18.4 Å². The molecule has 146 valence electrons. The highest BCUT2D eigenvalue weighted by Gasteiger charge is 2.38. The largest absolute Gasteiger partial charge is 0.339 e. The predicted molar refractivity (Wildman–Crippen MR) is 97.6 cm³/mol. The first-order chi connectivity index (χ1) is 13.5. The van der Waals surface area contributed by atoms with Crippen LogP contribution >= 0.6 is 0 Å². The van der Waals surface area contributed by atoms with Gasteiger partial charge in [0.15, 0.2) is 0 Å². The number of aromatic nitrogens is 2. The second-order valence-corrected chi connectivity index (χ2v) is 6.89. The first-order valence-corrected chi connectivity index (χ1v) is 9.08. The van der Waals surface area contributed by atoms with Crippen LogP contribution in [0.5, 0.6) is 0 Å². The summed E-state index contributed by atoms with van der Waals surface area (Å²) >= 11 is 0. The van der Waals surface area contributed by atoms with Gasteiger partial charge in [0, 0.05) is 63.3 Å². The van der Waals surface area contributed by atoms with Crippen molar-refractivity contribution >= 4 is 23.5 Å². The summed E-state index contributed by atoms with van der Waals surface area (Å²) in [5, 5.41) is 0. The summed E-state index contributed by atoms with van der Waals surface area (Å²) in [4.78, 5) is 38.6. The van der Waals surface area contributed by atoms with Crippen LogP contribution in [-0.4, -0.2) is 59.4 Å². The van der Waals surface area contributed by atoms with Gasteiger partial charge in [-0.25, -0.2) is 18.7 Å². The summed E-state index contributed by atoms with van der Waals surface area (Å²) in [6.07, 6.45) is 3.39. The van der Waals surface area contributed by atoms with Crippen LogP contribution in [-0.2, 0) is 9.59 Å². The molecule has 2 aliphatic heterocycles. The van der Waals surface area contributed by atoms with E-state index in [0.717, 1.165) is 18.2 Å². The number of benzene rings is 1. The number of carbonyl (C=O) groups excluding carboxylic acids is 2. The van der Waals surface area contributed by atoms with Gasteiger partial charge < -0.3 is 14.7 Å². The van der Waals surface area contributed by atoms with Gasteiger partial charge in [-0.1, -0.05) is 0 Å². The Labute approximate surface area is 160 Å². The van der Waals surface area contributed by atoms with E-state index in [1.165, 1.54) is 4.90 Å². The Balaban J connectivity index is 1.39. The highest BCUT2D eigenvalue weighted by Crippen LogP contribution is 2.28. The van der Waals surface area contributed by atoms with E-state index in [-0.39, 0.29) is 30.5 Å². The van der Waals surface area contributed by atoms with E-state index in [1.54, 1.807) is 23.4 Å². The smallest absolute Gasteiger partial charge is 0.228 e. The molecule has 0 saturated carbocycles. The molecule has 1 aromatic heterocycles. The third-order valence-electron chi connectivity index (χ3n) is 5.06. The van der Waals surface area contributed by atoms with E-state index in [1.807, 2.05) is 4.90 Å². The summed E-state index contributed by atoms with van der Waals surface area (Å²) in [7, 11) is 0. The number of amides is 2. The molecule has 2 amide bonds. The summed E-state index contributed by atoms with van der Waals surface area (Å²) in [6, 6.07) is 4.71. The molecule has 2 aromatic rings. The standard InChI is InChI=1S/C19H19F2N5O2/c20-14-9-15(21)11-16(10-14)26-12-13(8-17(26)27)18(28)24-4-6-25(7-5-24)19-22-2-1-3-23-19/h1-3,9-11,13H,4-8,12H2. The average molecular weight is 387 g/mol. The molecule has 4 rings (SSSR count). The normalized spacial score (nSPS) is 20.0. The van der Waals surface area contributed by atoms with Crippen molar-refractivity contribution in [3.8, 4) is 0 Å². The van der Waals surface area contributed by atoms with Crippen LogP contribution in [0.3, 0.4) is 0 Å². The third-order valence-corrected chi connectivity index (χ3v) is 5.06. The Kier molecular flexibility index (Phi) is 4.89. The maximum Gasteiger partial charge on any atom is 0.228 e. The van der Waals surface area contributed by atoms with E-state index in [9.17, 15) is 18.4 Å². The zero-order chi connectivity index (χ0) is 19.7. The lowest BCUT2D eigenvalue weighted by Gasteiger charge is -2.35. The van der Waals surface area contributed by atoms with Crippen molar-refractivity contribution in [2.45, 2.75) is 6.42 Å². The molecule has 3 heterocycles. The van der Waals surface area contributed by atoms with Crippen LogP contribution in [0.2, 0.25) is 0 Å². The van der Waals surface area contributed by atoms with Gasteiger partial charge in [0.2, 0.25) is 17.8 Å². The van der Waals surface area contributed by atoms with Gasteiger partial charge >= 0.3 is 0 Å². The molecule has 0 N–H and O–H groups in total. The van der Waals surface area contributed by atoms with Gasteiger partial charge in [0.1, 0.15) is 11.6 Å². The molecule has 2 saturated heterocycles. The fourth-order valence-corrected chi connectivity index (χ4v) is 3.66. The number of hydrogen-bond acceptors (Lipinski definition) is 5. The lowest BCUT2D eigenvalue weighted by atomic mass is 10.1. The van der Waals surface area contributed by atoms with Crippen LogP contribution in [0.1, 0.15) is 6.42 Å². The van der Waals surface area contributed by atoms with Crippen molar-refractivity contribution in [2.75, 3.05) is 42.5 Å². The molecule has 1 atom stereocenters. The molecule has 28 heavy (non-hydrogen) atoms. The minimum atomic E-state index is -0.753. The Bertz CT molecular complexity index is 867. The van der Waals surface area contributed by atoms with Crippen molar-refractivity contribution in [3.63, 3.8) is 0 Å². The second-order valence-electron chi connectivity index (χ2n) is 6.89. The van der Waals surface area contributed by atoms with E-state index in [0.29, 0.717) is 32.1 Å². The fraction of sp³-hybridized carbons (Fsp3) is 0.368. The van der Waals surface area contributed by atoms with E-state index < -0.39 is 17.6 Å². The third kappa shape index (κ3) is 3.64. The minimum Gasteiger partial charge on any atom is -0.339 e. The topological polar surface area (TPSA) is 69.6 Å². The van der Waals surface area contributed by atoms with Crippen LogP contribution in [0.4, 0.5) is 20.4 Å². The number of piperazine rings is 1. The zero-order valence-electron chi connectivity index (χ0n) is 15.1. The molecule has 1 unspecified atom stereocenters. The van der Waals surface area contributed by atoms with Crippen LogP contribution in [0, 0.1) is 17.6 Å². The molecule has 0 bridgehead atoms. The number of carbonyl (C=O) groups is 2. The molecule has 0 radical (unpaired) electrons. The molecule has 7 nitrogen and oxygen atoms in total. The first kappa shape index (κ1) is 18.3. The highest BCUT2D eigenvalue weighted by molar-refractivity contribution is 6.00. The van der Waals surface area contributed by atoms with Crippen molar-refractivity contribution in [3.05, 3.63) is 48.3 Å². The van der Waals surface area contributed by atoms with Crippen LogP contribution in [0.25, 0.3) is 0 Å². The maximum absolute atomic E-state index is 13.5. The average Bonchev–Trinajstić information content (AvgIpc) is 3.09. The van der Waals surface area contributed by atoms with E-state index in [2.05, 4.69) is 9.97 Å². The fourth-order valence-electron chi connectivity index (χ4n) is 3.66. The summed E-state index contributed by atoms with van der Waals surface area (Å²) in [5.74, 6) is -1.81. The quantitative estimate of drug-likeness (QED) is 0.798. The Hall–Kier alpha value is -3.10. The summed E-state index contributed by atoms with van der Waals surface area (Å²) in [6.45, 7) is 2.36. The van der Waals surface area contributed by atoms with Crippen LogP contribution in [0.15, 0.2) is 36.7 Å². The maximum atomic E-state index is 13.5. The molecule has 1 aromatic carbocycles. The molecule has 0 aliphatic carbocycles. The number of halogens is 2. The monoisotopic (exact) mass is 387 g/mol. The minimum absolute atomic E-state index is 0.0407. The van der Waals surface area contributed by atoms with E-state index >= 15 is 0 Å². The van der Waals surface area contributed by atoms with Crippen molar-refractivity contribution in [1.29, 1.82) is 0 Å². The summed E-state index contributed by atoms with van der Waals surface area (Å²) < 4.78 is 26.9. The molecular weight excluding hydrogens is 368 g/mol. The number of rotatable bonds is 3. The molecule has 2 fully saturated rings. The lowest BCUT2D eigenvalue weighted by Crippen LogP contribution is -2.51. The van der Waals surface area contributed by atoms with E-state index in [4.69, 9.17) is 0 Å². The molecule has 9 heteroatoms. The number of hydrogen-bond donors (Lipinski definition) is 0. The number of nitrogens with zero attached hydrogens (tertiary/aromatic N) is 5. The highest BCUT2D eigenvalue weighted by atomic mass is 19.1. The van der Waals surface area contributed by atoms with Crippen molar-refractivity contribution in [2.24, 2.45) is 5.92 Å². The van der Waals surface area contributed by atoms with Gasteiger partial charge in [-0.2, -0.15) is 0 Å². The second kappa shape index (κ2) is 7.49. The van der Waals surface area contributed by atoms with Crippen LogP contribution < -0.4 is 9.80 Å².